The summed E-state index contributed by atoms with van der Waals surface area (Å²) in [6.45, 7) is 1.49. The van der Waals surface area contributed by atoms with Crippen molar-refractivity contribution in [1.29, 1.82) is 0 Å². The van der Waals surface area contributed by atoms with E-state index in [-0.39, 0.29) is 24.8 Å². The molecule has 0 bridgehead atoms. The van der Waals surface area contributed by atoms with E-state index in [0.29, 0.717) is 24.8 Å². The number of halogens is 2. The highest BCUT2D eigenvalue weighted by atomic mass is 35.5. The van der Waals surface area contributed by atoms with Gasteiger partial charge in [-0.3, -0.25) is 4.90 Å². The summed E-state index contributed by atoms with van der Waals surface area (Å²) in [4.78, 5) is 6.13. The molecule has 0 aliphatic heterocycles. The monoisotopic (exact) mass is 286 g/mol. The van der Waals surface area contributed by atoms with Crippen molar-refractivity contribution in [1.82, 2.24) is 15.0 Å². The van der Waals surface area contributed by atoms with Crippen LogP contribution in [-0.2, 0) is 19.6 Å². The quantitative estimate of drug-likeness (QED) is 0.906. The van der Waals surface area contributed by atoms with E-state index in [9.17, 15) is 4.39 Å². The van der Waals surface area contributed by atoms with E-state index in [4.69, 9.17) is 10.3 Å². The molecule has 0 spiro atoms. The van der Waals surface area contributed by atoms with E-state index in [1.807, 2.05) is 11.9 Å². The Balaban J connectivity index is 0.00000180. The molecule has 0 amide bonds. The molecule has 0 aliphatic rings. The van der Waals surface area contributed by atoms with Gasteiger partial charge in [-0.05, 0) is 24.7 Å². The molecule has 0 aliphatic carbocycles. The van der Waals surface area contributed by atoms with Gasteiger partial charge in [0.2, 0.25) is 5.89 Å². The highest BCUT2D eigenvalue weighted by Crippen LogP contribution is 2.07. The zero-order valence-electron chi connectivity index (χ0n) is 10.5. The maximum absolute atomic E-state index is 12.8. The average Bonchev–Trinajstić information content (AvgIpc) is 2.79. The van der Waals surface area contributed by atoms with E-state index in [0.717, 1.165) is 5.56 Å². The Morgan fingerprint density at radius 1 is 1.26 bits per heavy atom. The van der Waals surface area contributed by atoms with Crippen LogP contribution >= 0.6 is 12.4 Å². The highest BCUT2D eigenvalue weighted by Gasteiger charge is 2.08. The van der Waals surface area contributed by atoms with Gasteiger partial charge in [0, 0.05) is 6.54 Å². The second kappa shape index (κ2) is 7.18. The van der Waals surface area contributed by atoms with Gasteiger partial charge in [-0.1, -0.05) is 17.3 Å². The van der Waals surface area contributed by atoms with Crippen LogP contribution in [0.3, 0.4) is 0 Å². The standard InChI is InChI=1S/C12H15FN4O.ClH/c1-17(7-9-2-4-10(13)5-3-9)8-11-15-12(6-14)18-16-11;/h2-5H,6-8,14H2,1H3;1H. The molecule has 5 nitrogen and oxygen atoms in total. The van der Waals surface area contributed by atoms with Crippen LogP contribution < -0.4 is 5.73 Å². The van der Waals surface area contributed by atoms with E-state index in [2.05, 4.69) is 10.1 Å². The Morgan fingerprint density at radius 2 is 1.95 bits per heavy atom. The third-order valence-electron chi connectivity index (χ3n) is 2.46. The maximum Gasteiger partial charge on any atom is 0.240 e. The van der Waals surface area contributed by atoms with Crippen molar-refractivity contribution < 1.29 is 8.91 Å². The summed E-state index contributed by atoms with van der Waals surface area (Å²) in [6, 6.07) is 6.41. The fourth-order valence-electron chi connectivity index (χ4n) is 1.64. The number of hydrogen-bond acceptors (Lipinski definition) is 5. The third-order valence-corrected chi connectivity index (χ3v) is 2.46. The van der Waals surface area contributed by atoms with Crippen LogP contribution in [0.1, 0.15) is 17.3 Å². The van der Waals surface area contributed by atoms with Crippen molar-refractivity contribution in [2.24, 2.45) is 5.73 Å². The minimum Gasteiger partial charge on any atom is -0.338 e. The lowest BCUT2D eigenvalue weighted by Gasteiger charge is -2.14. The fraction of sp³-hybridized carbons (Fsp3) is 0.333. The SMILES string of the molecule is CN(Cc1ccc(F)cc1)Cc1noc(CN)n1.Cl. The average molecular weight is 287 g/mol. The van der Waals surface area contributed by atoms with E-state index >= 15 is 0 Å². The van der Waals surface area contributed by atoms with Crippen LogP contribution in [0.4, 0.5) is 4.39 Å². The molecule has 2 rings (SSSR count). The molecule has 0 radical (unpaired) electrons. The van der Waals surface area contributed by atoms with Gasteiger partial charge < -0.3 is 10.3 Å². The Morgan fingerprint density at radius 3 is 2.53 bits per heavy atom. The van der Waals surface area contributed by atoms with Gasteiger partial charge in [-0.25, -0.2) is 4.39 Å². The largest absolute Gasteiger partial charge is 0.338 e. The van der Waals surface area contributed by atoms with E-state index in [1.165, 1.54) is 12.1 Å². The number of aromatic nitrogens is 2. The molecule has 1 heterocycles. The second-order valence-corrected chi connectivity index (χ2v) is 4.11. The second-order valence-electron chi connectivity index (χ2n) is 4.11. The molecular weight excluding hydrogens is 271 g/mol. The van der Waals surface area contributed by atoms with Crippen LogP contribution in [0, 0.1) is 5.82 Å². The summed E-state index contributed by atoms with van der Waals surface area (Å²) >= 11 is 0. The van der Waals surface area contributed by atoms with Gasteiger partial charge in [0.25, 0.3) is 0 Å². The summed E-state index contributed by atoms with van der Waals surface area (Å²) in [7, 11) is 1.93. The number of hydrogen-bond donors (Lipinski definition) is 1. The van der Waals surface area contributed by atoms with E-state index in [1.54, 1.807) is 12.1 Å². The molecule has 2 N–H and O–H groups in total. The Labute approximate surface area is 117 Å². The molecule has 0 saturated carbocycles. The lowest BCUT2D eigenvalue weighted by atomic mass is 10.2. The first-order chi connectivity index (χ1) is 8.67. The van der Waals surface area contributed by atoms with Crippen molar-refractivity contribution in [2.75, 3.05) is 7.05 Å². The van der Waals surface area contributed by atoms with Gasteiger partial charge in [-0.15, -0.1) is 12.4 Å². The molecule has 2 aromatic rings. The van der Waals surface area contributed by atoms with Gasteiger partial charge in [0.15, 0.2) is 5.82 Å². The zero-order chi connectivity index (χ0) is 13.0. The van der Waals surface area contributed by atoms with Crippen molar-refractivity contribution in [3.63, 3.8) is 0 Å². The first-order valence-electron chi connectivity index (χ1n) is 5.62. The summed E-state index contributed by atoms with van der Waals surface area (Å²) in [5, 5.41) is 3.81. The third kappa shape index (κ3) is 4.59. The van der Waals surface area contributed by atoms with E-state index < -0.39 is 0 Å². The number of nitrogens with zero attached hydrogens (tertiary/aromatic N) is 3. The molecule has 1 aromatic carbocycles. The summed E-state index contributed by atoms with van der Waals surface area (Å²) in [5.41, 5.74) is 6.42. The topological polar surface area (TPSA) is 68.2 Å². The normalized spacial score (nSPS) is 10.5. The summed E-state index contributed by atoms with van der Waals surface area (Å²) in [6.07, 6.45) is 0. The van der Waals surface area contributed by atoms with Crippen LogP contribution in [0.25, 0.3) is 0 Å². The van der Waals surface area contributed by atoms with Crippen LogP contribution in [0.5, 0.6) is 0 Å². The van der Waals surface area contributed by atoms with Gasteiger partial charge in [0.05, 0.1) is 13.1 Å². The smallest absolute Gasteiger partial charge is 0.240 e. The summed E-state index contributed by atoms with van der Waals surface area (Å²) in [5.74, 6) is 0.799. The lowest BCUT2D eigenvalue weighted by Crippen LogP contribution is -2.18. The Bertz CT molecular complexity index is 503. The first kappa shape index (κ1) is 15.6. The molecule has 19 heavy (non-hydrogen) atoms. The number of rotatable bonds is 5. The molecule has 0 fully saturated rings. The molecule has 104 valence electrons. The van der Waals surface area contributed by atoms with Gasteiger partial charge in [0.1, 0.15) is 5.82 Å². The lowest BCUT2D eigenvalue weighted by molar-refractivity contribution is 0.299. The number of benzene rings is 1. The van der Waals surface area contributed by atoms with Crippen molar-refractivity contribution in [3.05, 3.63) is 47.4 Å². The van der Waals surface area contributed by atoms with Crippen LogP contribution in [-0.4, -0.2) is 22.1 Å². The summed E-state index contributed by atoms with van der Waals surface area (Å²) < 4.78 is 17.7. The van der Waals surface area contributed by atoms with Gasteiger partial charge in [-0.2, -0.15) is 4.98 Å². The molecular formula is C12H16ClFN4O. The minimum absolute atomic E-state index is 0. The van der Waals surface area contributed by atoms with Crippen molar-refractivity contribution >= 4 is 12.4 Å². The maximum atomic E-state index is 12.8. The first-order valence-corrected chi connectivity index (χ1v) is 5.62. The predicted octanol–water partition coefficient (Wildman–Crippen LogP) is 1.72. The van der Waals surface area contributed by atoms with Crippen LogP contribution in [0.15, 0.2) is 28.8 Å². The zero-order valence-corrected chi connectivity index (χ0v) is 11.4. The molecule has 0 unspecified atom stereocenters. The van der Waals surface area contributed by atoms with Crippen molar-refractivity contribution in [3.8, 4) is 0 Å². The molecule has 7 heteroatoms. The molecule has 1 aromatic heterocycles. The highest BCUT2D eigenvalue weighted by molar-refractivity contribution is 5.85. The molecule has 0 saturated heterocycles. The van der Waals surface area contributed by atoms with Crippen LogP contribution in [0.2, 0.25) is 0 Å². The predicted molar refractivity (Wildman–Crippen MR) is 71.0 cm³/mol. The molecule has 0 atom stereocenters. The number of nitrogens with two attached hydrogens (primary N) is 1. The Hall–Kier alpha value is -1.50. The Kier molecular flexibility index (Phi) is 5.88. The fourth-order valence-corrected chi connectivity index (χ4v) is 1.64. The van der Waals surface area contributed by atoms with Gasteiger partial charge >= 0.3 is 0 Å². The minimum atomic E-state index is -0.229. The van der Waals surface area contributed by atoms with Crippen molar-refractivity contribution in [2.45, 2.75) is 19.6 Å².